The Labute approximate surface area is 196 Å². The van der Waals surface area contributed by atoms with Crippen molar-refractivity contribution in [2.24, 2.45) is 11.8 Å². The standard InChI is InChI=1S/C26H33FO5S/c1-30-22-12-13-26(27)24(15-22)19-8-6-18(7-9-19)16-31-23-5-3-4-21(14-23)25(20-10-11-20)17-32-33(2,28)29/h3-5,12-15,18-20,25H,6-11,16-17H2,1-2H3. The van der Waals surface area contributed by atoms with E-state index < -0.39 is 10.1 Å². The van der Waals surface area contributed by atoms with Gasteiger partial charge >= 0.3 is 0 Å². The van der Waals surface area contributed by atoms with Crippen LogP contribution in [0.25, 0.3) is 0 Å². The number of hydrogen-bond acceptors (Lipinski definition) is 5. The molecule has 0 aliphatic heterocycles. The molecule has 4 rings (SSSR count). The van der Waals surface area contributed by atoms with Crippen molar-refractivity contribution in [2.75, 3.05) is 26.6 Å². The lowest BCUT2D eigenvalue weighted by molar-refractivity contribution is 0.198. The average molecular weight is 477 g/mol. The van der Waals surface area contributed by atoms with Crippen LogP contribution in [0, 0.1) is 17.7 Å². The summed E-state index contributed by atoms with van der Waals surface area (Å²) in [6, 6.07) is 12.9. The maximum atomic E-state index is 14.3. The van der Waals surface area contributed by atoms with E-state index in [2.05, 4.69) is 0 Å². The maximum absolute atomic E-state index is 14.3. The third-order valence-electron chi connectivity index (χ3n) is 6.91. The molecule has 0 radical (unpaired) electrons. The van der Waals surface area contributed by atoms with Gasteiger partial charge in [-0.1, -0.05) is 12.1 Å². The molecular weight excluding hydrogens is 443 g/mol. The summed E-state index contributed by atoms with van der Waals surface area (Å²) in [5, 5.41) is 0. The summed E-state index contributed by atoms with van der Waals surface area (Å²) in [5.41, 5.74) is 1.82. The molecule has 0 N–H and O–H groups in total. The fraction of sp³-hybridized carbons (Fsp3) is 0.538. The van der Waals surface area contributed by atoms with E-state index in [1.54, 1.807) is 13.2 Å². The first-order valence-corrected chi connectivity index (χ1v) is 13.5. The molecule has 180 valence electrons. The van der Waals surface area contributed by atoms with E-state index in [1.165, 1.54) is 6.07 Å². The lowest BCUT2D eigenvalue weighted by Crippen LogP contribution is -2.20. The van der Waals surface area contributed by atoms with Gasteiger partial charge in [-0.15, -0.1) is 0 Å². The molecule has 2 saturated carbocycles. The largest absolute Gasteiger partial charge is 0.497 e. The summed E-state index contributed by atoms with van der Waals surface area (Å²) in [5.74, 6) is 2.53. The molecule has 2 aliphatic rings. The fourth-order valence-corrected chi connectivity index (χ4v) is 5.24. The predicted octanol–water partition coefficient (Wildman–Crippen LogP) is 5.66. The first kappa shape index (κ1) is 24.0. The van der Waals surface area contributed by atoms with Crippen molar-refractivity contribution in [3.8, 4) is 11.5 Å². The Bertz CT molecular complexity index is 1040. The lowest BCUT2D eigenvalue weighted by Gasteiger charge is -2.29. The highest BCUT2D eigenvalue weighted by atomic mass is 32.2. The molecule has 2 aromatic carbocycles. The number of hydrogen-bond donors (Lipinski definition) is 0. The predicted molar refractivity (Wildman–Crippen MR) is 126 cm³/mol. The molecule has 0 amide bonds. The number of methoxy groups -OCH3 is 1. The molecule has 7 heteroatoms. The Morgan fingerprint density at radius 1 is 1.00 bits per heavy atom. The average Bonchev–Trinajstić information content (AvgIpc) is 3.63. The minimum atomic E-state index is -3.46. The third kappa shape index (κ3) is 6.70. The molecule has 0 aromatic heterocycles. The zero-order chi connectivity index (χ0) is 23.4. The van der Waals surface area contributed by atoms with Crippen molar-refractivity contribution in [1.82, 2.24) is 0 Å². The Morgan fingerprint density at radius 2 is 1.76 bits per heavy atom. The summed E-state index contributed by atoms with van der Waals surface area (Å²) in [6.45, 7) is 0.808. The van der Waals surface area contributed by atoms with Crippen LogP contribution in [-0.2, 0) is 14.3 Å². The smallest absolute Gasteiger partial charge is 0.264 e. The SMILES string of the molecule is COc1ccc(F)c(C2CCC(COc3cccc(C(COS(C)(=O)=O)C4CC4)c3)CC2)c1. The number of halogens is 1. The summed E-state index contributed by atoms with van der Waals surface area (Å²) in [4.78, 5) is 0. The van der Waals surface area contributed by atoms with Gasteiger partial charge in [0.05, 0.1) is 26.6 Å². The summed E-state index contributed by atoms with van der Waals surface area (Å²) in [6.07, 6.45) is 7.14. The van der Waals surface area contributed by atoms with Crippen LogP contribution in [-0.4, -0.2) is 35.0 Å². The fourth-order valence-electron chi connectivity index (χ4n) is 4.85. The van der Waals surface area contributed by atoms with Crippen molar-refractivity contribution in [1.29, 1.82) is 0 Å². The van der Waals surface area contributed by atoms with Crippen molar-refractivity contribution in [3.05, 3.63) is 59.4 Å². The van der Waals surface area contributed by atoms with Gasteiger partial charge in [-0.25, -0.2) is 4.39 Å². The second-order valence-electron chi connectivity index (χ2n) is 9.42. The Hall–Kier alpha value is -2.12. The Kier molecular flexibility index (Phi) is 7.59. The maximum Gasteiger partial charge on any atom is 0.264 e. The van der Waals surface area contributed by atoms with Crippen LogP contribution in [0.4, 0.5) is 4.39 Å². The molecule has 0 spiro atoms. The monoisotopic (exact) mass is 476 g/mol. The topological polar surface area (TPSA) is 61.8 Å². The van der Waals surface area contributed by atoms with Gasteiger partial charge in [-0.05, 0) is 97.7 Å². The Balaban J connectivity index is 1.31. The zero-order valence-electron chi connectivity index (χ0n) is 19.3. The van der Waals surface area contributed by atoms with Crippen LogP contribution in [0.5, 0.6) is 11.5 Å². The van der Waals surface area contributed by atoms with Gasteiger partial charge in [0.2, 0.25) is 0 Å². The number of rotatable bonds is 10. The third-order valence-corrected chi connectivity index (χ3v) is 7.48. The minimum Gasteiger partial charge on any atom is -0.497 e. The molecule has 5 nitrogen and oxygen atoms in total. The Morgan fingerprint density at radius 3 is 2.42 bits per heavy atom. The van der Waals surface area contributed by atoms with E-state index >= 15 is 0 Å². The van der Waals surface area contributed by atoms with E-state index in [4.69, 9.17) is 13.7 Å². The highest BCUT2D eigenvalue weighted by Crippen LogP contribution is 2.44. The lowest BCUT2D eigenvalue weighted by atomic mass is 9.79. The summed E-state index contributed by atoms with van der Waals surface area (Å²) in [7, 11) is -1.86. The van der Waals surface area contributed by atoms with Gasteiger partial charge in [0, 0.05) is 5.92 Å². The van der Waals surface area contributed by atoms with Gasteiger partial charge in [0.15, 0.2) is 0 Å². The van der Waals surface area contributed by atoms with E-state index in [9.17, 15) is 12.8 Å². The number of benzene rings is 2. The summed E-state index contributed by atoms with van der Waals surface area (Å²) >= 11 is 0. The molecule has 0 heterocycles. The second kappa shape index (κ2) is 10.4. The van der Waals surface area contributed by atoms with E-state index in [0.717, 1.165) is 61.7 Å². The van der Waals surface area contributed by atoms with Crippen LogP contribution < -0.4 is 9.47 Å². The van der Waals surface area contributed by atoms with Crippen LogP contribution >= 0.6 is 0 Å². The molecular formula is C26H33FO5S. The van der Waals surface area contributed by atoms with Gasteiger partial charge in [0.1, 0.15) is 17.3 Å². The van der Waals surface area contributed by atoms with E-state index in [1.807, 2.05) is 30.3 Å². The van der Waals surface area contributed by atoms with Crippen LogP contribution in [0.3, 0.4) is 0 Å². The van der Waals surface area contributed by atoms with Crippen molar-refractivity contribution in [2.45, 2.75) is 50.4 Å². The van der Waals surface area contributed by atoms with Gasteiger partial charge in [-0.2, -0.15) is 8.42 Å². The van der Waals surface area contributed by atoms with Crippen LogP contribution in [0.15, 0.2) is 42.5 Å². The van der Waals surface area contributed by atoms with E-state index in [0.29, 0.717) is 24.2 Å². The second-order valence-corrected chi connectivity index (χ2v) is 11.1. The summed E-state index contributed by atoms with van der Waals surface area (Å²) < 4.78 is 53.7. The highest BCUT2D eigenvalue weighted by molar-refractivity contribution is 7.85. The van der Waals surface area contributed by atoms with Gasteiger partial charge in [-0.3, -0.25) is 4.18 Å². The molecule has 33 heavy (non-hydrogen) atoms. The number of ether oxygens (including phenoxy) is 2. The zero-order valence-corrected chi connectivity index (χ0v) is 20.2. The minimum absolute atomic E-state index is 0.0662. The molecule has 1 unspecified atom stereocenters. The van der Waals surface area contributed by atoms with E-state index in [-0.39, 0.29) is 24.3 Å². The quantitative estimate of drug-likeness (QED) is 0.414. The van der Waals surface area contributed by atoms with Crippen molar-refractivity contribution >= 4 is 10.1 Å². The first-order chi connectivity index (χ1) is 15.8. The van der Waals surface area contributed by atoms with Crippen LogP contribution in [0.1, 0.15) is 61.5 Å². The van der Waals surface area contributed by atoms with Crippen molar-refractivity contribution in [3.63, 3.8) is 0 Å². The highest BCUT2D eigenvalue weighted by Gasteiger charge is 2.33. The molecule has 2 aromatic rings. The normalized spacial score (nSPS) is 22.0. The molecule has 0 saturated heterocycles. The molecule has 1 atom stereocenters. The van der Waals surface area contributed by atoms with Gasteiger partial charge in [0.25, 0.3) is 10.1 Å². The van der Waals surface area contributed by atoms with Crippen molar-refractivity contribution < 1.29 is 26.5 Å². The molecule has 0 bridgehead atoms. The van der Waals surface area contributed by atoms with Gasteiger partial charge < -0.3 is 9.47 Å². The van der Waals surface area contributed by atoms with Crippen LogP contribution in [0.2, 0.25) is 0 Å². The molecule has 2 aliphatic carbocycles. The first-order valence-electron chi connectivity index (χ1n) is 11.7. The molecule has 2 fully saturated rings.